The zero-order valence-electron chi connectivity index (χ0n) is 16.0. The lowest BCUT2D eigenvalue weighted by Crippen LogP contribution is -1.98. The lowest BCUT2D eigenvalue weighted by Gasteiger charge is -2.16. The van der Waals surface area contributed by atoms with Crippen molar-refractivity contribution in [3.63, 3.8) is 0 Å². The topological polar surface area (TPSA) is 134 Å². The lowest BCUT2D eigenvalue weighted by atomic mass is 9.96. The van der Waals surface area contributed by atoms with Gasteiger partial charge in [-0.2, -0.15) is 0 Å². The number of aromatic hydroxyl groups is 2. The maximum Gasteiger partial charge on any atom is 0.339 e. The summed E-state index contributed by atoms with van der Waals surface area (Å²) in [5.41, 5.74) is 1.63. The SMILES string of the molecule is COc1cc(-c2ccc(C(=O)O)c(O)c2)c(OC)cc1-c1ccc(C(=O)O)c(O)c1. The minimum absolute atomic E-state index is 0.227. The number of carboxylic acids is 2. The number of ether oxygens (including phenoxy) is 2. The van der Waals surface area contributed by atoms with Crippen molar-refractivity contribution >= 4 is 11.9 Å². The molecule has 8 heteroatoms. The van der Waals surface area contributed by atoms with Gasteiger partial charge in [0.15, 0.2) is 0 Å². The van der Waals surface area contributed by atoms with Crippen LogP contribution in [-0.4, -0.2) is 46.6 Å². The van der Waals surface area contributed by atoms with Crippen LogP contribution >= 0.6 is 0 Å². The van der Waals surface area contributed by atoms with Crippen LogP contribution in [0.25, 0.3) is 22.3 Å². The second-order valence-electron chi connectivity index (χ2n) is 6.33. The Morgan fingerprint density at radius 1 is 0.667 bits per heavy atom. The molecule has 30 heavy (non-hydrogen) atoms. The molecule has 3 aromatic rings. The monoisotopic (exact) mass is 410 g/mol. The van der Waals surface area contributed by atoms with Gasteiger partial charge in [0.25, 0.3) is 0 Å². The second-order valence-corrected chi connectivity index (χ2v) is 6.33. The number of hydrogen-bond acceptors (Lipinski definition) is 6. The highest BCUT2D eigenvalue weighted by Crippen LogP contribution is 2.42. The molecular formula is C22H18O8. The first-order valence-corrected chi connectivity index (χ1v) is 8.66. The number of benzene rings is 3. The van der Waals surface area contributed by atoms with Crippen molar-refractivity contribution in [1.82, 2.24) is 0 Å². The maximum absolute atomic E-state index is 11.1. The van der Waals surface area contributed by atoms with Crippen LogP contribution in [0.4, 0.5) is 0 Å². The van der Waals surface area contributed by atoms with Crippen LogP contribution in [0, 0.1) is 0 Å². The molecule has 3 aromatic carbocycles. The van der Waals surface area contributed by atoms with E-state index in [1.165, 1.54) is 50.6 Å². The van der Waals surface area contributed by atoms with Crippen molar-refractivity contribution in [1.29, 1.82) is 0 Å². The molecule has 0 fully saturated rings. The molecule has 0 aliphatic carbocycles. The Balaban J connectivity index is 2.16. The van der Waals surface area contributed by atoms with Crippen molar-refractivity contribution < 1.29 is 39.5 Å². The Hall–Kier alpha value is -4.20. The Morgan fingerprint density at radius 3 is 1.30 bits per heavy atom. The summed E-state index contributed by atoms with van der Waals surface area (Å²) in [5, 5.41) is 38.2. The van der Waals surface area contributed by atoms with E-state index >= 15 is 0 Å². The molecule has 0 radical (unpaired) electrons. The van der Waals surface area contributed by atoms with Crippen molar-refractivity contribution in [2.45, 2.75) is 0 Å². The molecule has 0 amide bonds. The van der Waals surface area contributed by atoms with E-state index in [1.54, 1.807) is 12.1 Å². The van der Waals surface area contributed by atoms with Crippen molar-refractivity contribution in [3.05, 3.63) is 59.7 Å². The van der Waals surface area contributed by atoms with Gasteiger partial charge in [0, 0.05) is 11.1 Å². The van der Waals surface area contributed by atoms with Gasteiger partial charge in [-0.25, -0.2) is 9.59 Å². The van der Waals surface area contributed by atoms with Crippen LogP contribution in [0.15, 0.2) is 48.5 Å². The highest BCUT2D eigenvalue weighted by Gasteiger charge is 2.18. The summed E-state index contributed by atoms with van der Waals surface area (Å²) < 4.78 is 10.9. The summed E-state index contributed by atoms with van der Waals surface area (Å²) >= 11 is 0. The van der Waals surface area contributed by atoms with E-state index in [9.17, 15) is 19.8 Å². The number of aromatic carboxylic acids is 2. The van der Waals surface area contributed by atoms with E-state index < -0.39 is 11.9 Å². The van der Waals surface area contributed by atoms with E-state index in [2.05, 4.69) is 0 Å². The molecule has 4 N–H and O–H groups in total. The van der Waals surface area contributed by atoms with Crippen LogP contribution < -0.4 is 9.47 Å². The van der Waals surface area contributed by atoms with Gasteiger partial charge in [-0.05, 0) is 47.5 Å². The molecule has 0 bridgehead atoms. The molecule has 0 aliphatic heterocycles. The predicted octanol–water partition coefficient (Wildman–Crippen LogP) is 3.85. The molecule has 0 saturated carbocycles. The van der Waals surface area contributed by atoms with Gasteiger partial charge in [0.05, 0.1) is 14.2 Å². The molecule has 0 saturated heterocycles. The van der Waals surface area contributed by atoms with E-state index in [-0.39, 0.29) is 22.6 Å². The van der Waals surface area contributed by atoms with Crippen LogP contribution in [-0.2, 0) is 0 Å². The summed E-state index contributed by atoms with van der Waals surface area (Å²) in [6.07, 6.45) is 0. The number of phenols is 2. The van der Waals surface area contributed by atoms with Crippen molar-refractivity contribution in [2.24, 2.45) is 0 Å². The highest BCUT2D eigenvalue weighted by molar-refractivity contribution is 5.93. The standard InChI is InChI=1S/C22H18O8/c1-29-19-9-16(12-4-6-14(22(27)28)18(24)8-12)20(30-2)10-15(19)11-3-5-13(21(25)26)17(23)7-11/h3-10,23-24H,1-2H3,(H,25,26)(H,27,28). The van der Waals surface area contributed by atoms with Gasteiger partial charge < -0.3 is 29.9 Å². The fourth-order valence-corrected chi connectivity index (χ4v) is 3.11. The summed E-state index contributed by atoms with van der Waals surface area (Å²) in [5.74, 6) is -2.48. The van der Waals surface area contributed by atoms with Gasteiger partial charge in [-0.1, -0.05) is 12.1 Å². The highest BCUT2D eigenvalue weighted by atomic mass is 16.5. The summed E-state index contributed by atoms with van der Waals surface area (Å²) in [4.78, 5) is 22.3. The Morgan fingerprint density at radius 2 is 1.03 bits per heavy atom. The van der Waals surface area contributed by atoms with E-state index in [4.69, 9.17) is 19.7 Å². The third-order valence-electron chi connectivity index (χ3n) is 4.60. The smallest absolute Gasteiger partial charge is 0.339 e. The van der Waals surface area contributed by atoms with Gasteiger partial charge in [0.1, 0.15) is 34.1 Å². The van der Waals surface area contributed by atoms with Gasteiger partial charge in [-0.3, -0.25) is 0 Å². The zero-order valence-corrected chi connectivity index (χ0v) is 16.0. The first-order chi connectivity index (χ1) is 14.3. The predicted molar refractivity (Wildman–Crippen MR) is 108 cm³/mol. The van der Waals surface area contributed by atoms with Crippen LogP contribution in [0.3, 0.4) is 0 Å². The fraction of sp³-hybridized carbons (Fsp3) is 0.0909. The van der Waals surface area contributed by atoms with E-state index in [0.717, 1.165) is 0 Å². The number of hydrogen-bond donors (Lipinski definition) is 4. The third kappa shape index (κ3) is 3.70. The second kappa shape index (κ2) is 8.04. The van der Waals surface area contributed by atoms with Crippen LogP contribution in [0.2, 0.25) is 0 Å². The molecule has 8 nitrogen and oxygen atoms in total. The average Bonchev–Trinajstić information content (AvgIpc) is 2.71. The summed E-state index contributed by atoms with van der Waals surface area (Å²) in [7, 11) is 2.90. The molecule has 0 atom stereocenters. The quantitative estimate of drug-likeness (QED) is 0.482. The Labute approximate surface area is 171 Å². The van der Waals surface area contributed by atoms with Crippen molar-refractivity contribution in [2.75, 3.05) is 14.2 Å². The summed E-state index contributed by atoms with van der Waals surface area (Å²) in [6.45, 7) is 0. The molecule has 0 spiro atoms. The first kappa shape index (κ1) is 20.5. The molecule has 3 rings (SSSR count). The number of methoxy groups -OCH3 is 2. The first-order valence-electron chi connectivity index (χ1n) is 8.66. The molecule has 0 aliphatic rings. The third-order valence-corrected chi connectivity index (χ3v) is 4.60. The van der Waals surface area contributed by atoms with Crippen LogP contribution in [0.5, 0.6) is 23.0 Å². The number of rotatable bonds is 6. The molecule has 0 unspecified atom stereocenters. The normalized spacial score (nSPS) is 10.5. The average molecular weight is 410 g/mol. The van der Waals surface area contributed by atoms with Crippen LogP contribution in [0.1, 0.15) is 20.7 Å². The van der Waals surface area contributed by atoms with Gasteiger partial charge >= 0.3 is 11.9 Å². The zero-order chi connectivity index (χ0) is 22.0. The summed E-state index contributed by atoms with van der Waals surface area (Å²) in [6, 6.07) is 11.6. The molecular weight excluding hydrogens is 392 g/mol. The molecule has 154 valence electrons. The molecule has 0 heterocycles. The minimum Gasteiger partial charge on any atom is -0.507 e. The number of carbonyl (C=O) groups is 2. The Bertz CT molecular complexity index is 1060. The van der Waals surface area contributed by atoms with Gasteiger partial charge in [-0.15, -0.1) is 0 Å². The number of carboxylic acid groups (broad SMARTS) is 2. The molecule has 0 aromatic heterocycles. The Kier molecular flexibility index (Phi) is 5.50. The minimum atomic E-state index is -1.25. The van der Waals surface area contributed by atoms with Gasteiger partial charge in [0.2, 0.25) is 0 Å². The van der Waals surface area contributed by atoms with Crippen molar-refractivity contribution in [3.8, 4) is 45.3 Å². The lowest BCUT2D eigenvalue weighted by molar-refractivity contribution is 0.0682. The van der Waals surface area contributed by atoms with E-state index in [0.29, 0.717) is 33.8 Å². The maximum atomic E-state index is 11.1. The fourth-order valence-electron chi connectivity index (χ4n) is 3.11. The van der Waals surface area contributed by atoms with E-state index in [1.807, 2.05) is 0 Å². The largest absolute Gasteiger partial charge is 0.507 e.